The van der Waals surface area contributed by atoms with Gasteiger partial charge in [-0.3, -0.25) is 0 Å². The molecule has 0 bridgehead atoms. The first-order valence-electron chi connectivity index (χ1n) is 7.17. The Balaban J connectivity index is 1.93. The van der Waals surface area contributed by atoms with Gasteiger partial charge in [-0.15, -0.1) is 0 Å². The summed E-state index contributed by atoms with van der Waals surface area (Å²) < 4.78 is 10.8. The molecule has 2 unspecified atom stereocenters. The predicted molar refractivity (Wildman–Crippen MR) is 77.0 cm³/mol. The maximum Gasteiger partial charge on any atom is 0.0724 e. The van der Waals surface area contributed by atoms with E-state index in [-0.39, 0.29) is 0 Å². The van der Waals surface area contributed by atoms with Crippen LogP contribution >= 0.6 is 0 Å². The van der Waals surface area contributed by atoms with Crippen LogP contribution in [0.3, 0.4) is 0 Å². The fourth-order valence-corrected chi connectivity index (χ4v) is 2.88. The summed E-state index contributed by atoms with van der Waals surface area (Å²) in [6.45, 7) is 1.57. The standard InChI is InChI=1S/C16H25NO2/c1-18-12-14-8-4-3-7-13(14)11-17-15-9-5-6-10-16(15)19-2/h3-4,7-8,15-17H,5-6,9-12H2,1-2H3. The fourth-order valence-electron chi connectivity index (χ4n) is 2.88. The molecule has 0 aliphatic heterocycles. The van der Waals surface area contributed by atoms with Crippen molar-refractivity contribution in [3.8, 4) is 0 Å². The minimum Gasteiger partial charge on any atom is -0.380 e. The molecule has 1 aliphatic carbocycles. The zero-order valence-electron chi connectivity index (χ0n) is 12.0. The molecule has 1 N–H and O–H groups in total. The van der Waals surface area contributed by atoms with E-state index in [9.17, 15) is 0 Å². The summed E-state index contributed by atoms with van der Waals surface area (Å²) in [6, 6.07) is 8.94. The molecule has 0 aromatic heterocycles. The summed E-state index contributed by atoms with van der Waals surface area (Å²) in [6.07, 6.45) is 5.34. The van der Waals surface area contributed by atoms with Crippen molar-refractivity contribution in [3.63, 3.8) is 0 Å². The molecule has 19 heavy (non-hydrogen) atoms. The maximum atomic E-state index is 5.58. The van der Waals surface area contributed by atoms with Crippen LogP contribution in [0.1, 0.15) is 36.8 Å². The second-order valence-corrected chi connectivity index (χ2v) is 5.25. The number of hydrogen-bond donors (Lipinski definition) is 1. The third-order valence-electron chi connectivity index (χ3n) is 3.98. The van der Waals surface area contributed by atoms with Gasteiger partial charge in [0.05, 0.1) is 12.7 Å². The Morgan fingerprint density at radius 1 is 1.11 bits per heavy atom. The molecule has 1 aliphatic rings. The second-order valence-electron chi connectivity index (χ2n) is 5.25. The summed E-state index contributed by atoms with van der Waals surface area (Å²) in [4.78, 5) is 0. The maximum absolute atomic E-state index is 5.58. The van der Waals surface area contributed by atoms with Crippen LogP contribution in [-0.2, 0) is 22.6 Å². The van der Waals surface area contributed by atoms with Crippen LogP contribution in [0.4, 0.5) is 0 Å². The molecule has 0 heterocycles. The Morgan fingerprint density at radius 3 is 2.58 bits per heavy atom. The third-order valence-corrected chi connectivity index (χ3v) is 3.98. The molecular weight excluding hydrogens is 238 g/mol. The molecule has 0 amide bonds. The molecule has 1 fully saturated rings. The van der Waals surface area contributed by atoms with Crippen molar-refractivity contribution in [2.75, 3.05) is 14.2 Å². The first-order chi connectivity index (χ1) is 9.35. The number of rotatable bonds is 6. The molecule has 2 atom stereocenters. The van der Waals surface area contributed by atoms with Gasteiger partial charge < -0.3 is 14.8 Å². The Labute approximate surface area is 116 Å². The third kappa shape index (κ3) is 4.03. The molecule has 0 saturated heterocycles. The molecule has 1 aromatic carbocycles. The van der Waals surface area contributed by atoms with Crippen LogP contribution in [0.25, 0.3) is 0 Å². The van der Waals surface area contributed by atoms with E-state index in [0.29, 0.717) is 18.8 Å². The summed E-state index contributed by atoms with van der Waals surface area (Å²) >= 11 is 0. The van der Waals surface area contributed by atoms with Crippen molar-refractivity contribution in [2.24, 2.45) is 0 Å². The number of methoxy groups -OCH3 is 2. The Morgan fingerprint density at radius 2 is 1.84 bits per heavy atom. The first-order valence-corrected chi connectivity index (χ1v) is 7.17. The average Bonchev–Trinajstić information content (AvgIpc) is 2.47. The lowest BCUT2D eigenvalue weighted by Crippen LogP contribution is -2.42. The summed E-state index contributed by atoms with van der Waals surface area (Å²) in [5.41, 5.74) is 2.59. The summed E-state index contributed by atoms with van der Waals surface area (Å²) in [7, 11) is 3.57. The topological polar surface area (TPSA) is 30.5 Å². The molecule has 106 valence electrons. The van der Waals surface area contributed by atoms with Gasteiger partial charge in [0.2, 0.25) is 0 Å². The molecule has 3 heteroatoms. The zero-order chi connectivity index (χ0) is 13.5. The van der Waals surface area contributed by atoms with Crippen molar-refractivity contribution in [1.29, 1.82) is 0 Å². The number of ether oxygens (including phenoxy) is 2. The average molecular weight is 263 g/mol. The van der Waals surface area contributed by atoms with Gasteiger partial charge in [-0.1, -0.05) is 37.1 Å². The molecule has 0 spiro atoms. The Kier molecular flexibility index (Phi) is 5.83. The van der Waals surface area contributed by atoms with Gasteiger partial charge in [0, 0.05) is 26.8 Å². The van der Waals surface area contributed by atoms with E-state index >= 15 is 0 Å². The van der Waals surface area contributed by atoms with Gasteiger partial charge >= 0.3 is 0 Å². The van der Waals surface area contributed by atoms with E-state index in [1.54, 1.807) is 7.11 Å². The van der Waals surface area contributed by atoms with Crippen molar-refractivity contribution in [2.45, 2.75) is 51.0 Å². The van der Waals surface area contributed by atoms with E-state index < -0.39 is 0 Å². The minimum absolute atomic E-state index is 0.364. The highest BCUT2D eigenvalue weighted by molar-refractivity contribution is 5.26. The zero-order valence-corrected chi connectivity index (χ0v) is 12.0. The fraction of sp³-hybridized carbons (Fsp3) is 0.625. The van der Waals surface area contributed by atoms with Gasteiger partial charge in [-0.2, -0.15) is 0 Å². The Hall–Kier alpha value is -0.900. The number of hydrogen-bond acceptors (Lipinski definition) is 3. The lowest BCUT2D eigenvalue weighted by atomic mass is 9.92. The van der Waals surface area contributed by atoms with Gasteiger partial charge in [0.25, 0.3) is 0 Å². The molecule has 3 nitrogen and oxygen atoms in total. The van der Waals surface area contributed by atoms with Crippen LogP contribution in [0.15, 0.2) is 24.3 Å². The van der Waals surface area contributed by atoms with Crippen molar-refractivity contribution >= 4 is 0 Å². The smallest absolute Gasteiger partial charge is 0.0724 e. The molecule has 1 saturated carbocycles. The molecular formula is C16H25NO2. The number of benzene rings is 1. The SMILES string of the molecule is COCc1ccccc1CNC1CCCCC1OC. The normalized spacial score (nSPS) is 23.5. The van der Waals surface area contributed by atoms with Crippen molar-refractivity contribution < 1.29 is 9.47 Å². The quantitative estimate of drug-likeness (QED) is 0.856. The molecule has 1 aromatic rings. The van der Waals surface area contributed by atoms with E-state index in [1.807, 2.05) is 7.11 Å². The van der Waals surface area contributed by atoms with Crippen molar-refractivity contribution in [1.82, 2.24) is 5.32 Å². The summed E-state index contributed by atoms with van der Waals surface area (Å²) in [5.74, 6) is 0. The van der Waals surface area contributed by atoms with Gasteiger partial charge in [0.1, 0.15) is 0 Å². The Bertz CT molecular complexity index is 381. The lowest BCUT2D eigenvalue weighted by molar-refractivity contribution is 0.0412. The lowest BCUT2D eigenvalue weighted by Gasteiger charge is -2.31. The van der Waals surface area contributed by atoms with Gasteiger partial charge in [0.15, 0.2) is 0 Å². The largest absolute Gasteiger partial charge is 0.380 e. The monoisotopic (exact) mass is 263 g/mol. The van der Waals surface area contributed by atoms with E-state index in [2.05, 4.69) is 29.6 Å². The van der Waals surface area contributed by atoms with Crippen LogP contribution < -0.4 is 5.32 Å². The second kappa shape index (κ2) is 7.63. The van der Waals surface area contributed by atoms with Crippen LogP contribution in [0.5, 0.6) is 0 Å². The van der Waals surface area contributed by atoms with E-state index in [1.165, 1.54) is 36.8 Å². The highest BCUT2D eigenvalue weighted by atomic mass is 16.5. The predicted octanol–water partition coefficient (Wildman–Crippen LogP) is 2.88. The minimum atomic E-state index is 0.364. The highest BCUT2D eigenvalue weighted by Gasteiger charge is 2.24. The molecule has 2 rings (SSSR count). The van der Waals surface area contributed by atoms with Crippen LogP contribution in [0, 0.1) is 0 Å². The molecule has 0 radical (unpaired) electrons. The first kappa shape index (κ1) is 14.5. The van der Waals surface area contributed by atoms with E-state index in [0.717, 1.165) is 6.54 Å². The van der Waals surface area contributed by atoms with Gasteiger partial charge in [-0.05, 0) is 24.0 Å². The van der Waals surface area contributed by atoms with Crippen LogP contribution in [-0.4, -0.2) is 26.4 Å². The highest BCUT2D eigenvalue weighted by Crippen LogP contribution is 2.21. The number of nitrogens with one attached hydrogen (secondary N) is 1. The summed E-state index contributed by atoms with van der Waals surface area (Å²) in [5, 5.41) is 3.66. The van der Waals surface area contributed by atoms with Crippen LogP contribution in [0.2, 0.25) is 0 Å². The van der Waals surface area contributed by atoms with E-state index in [4.69, 9.17) is 9.47 Å². The van der Waals surface area contributed by atoms with Crippen molar-refractivity contribution in [3.05, 3.63) is 35.4 Å². The van der Waals surface area contributed by atoms with Gasteiger partial charge in [-0.25, -0.2) is 0 Å².